The molecule has 0 spiro atoms. The van der Waals surface area contributed by atoms with E-state index in [0.717, 1.165) is 11.4 Å². The third kappa shape index (κ3) is 3.66. The molecule has 114 valence electrons. The minimum Gasteiger partial charge on any atom is -0.452 e. The molecule has 1 N–H and O–H groups in total. The monoisotopic (exact) mass is 372 g/mol. The van der Waals surface area contributed by atoms with Gasteiger partial charge in [0, 0.05) is 19.8 Å². The maximum Gasteiger partial charge on any atom is 0.242 e. The van der Waals surface area contributed by atoms with Gasteiger partial charge in [0.15, 0.2) is 4.67 Å². The number of nitrogens with one attached hydrogen (secondary N) is 1. The van der Waals surface area contributed by atoms with Crippen molar-refractivity contribution in [3.05, 3.63) is 46.8 Å². The van der Waals surface area contributed by atoms with Crippen molar-refractivity contribution in [3.8, 4) is 0 Å². The first-order valence-corrected chi connectivity index (χ1v) is 8.58. The zero-order valence-electron chi connectivity index (χ0n) is 12.0. The molecule has 0 amide bonds. The van der Waals surface area contributed by atoms with Crippen molar-refractivity contribution in [2.24, 2.45) is 0 Å². The predicted octanol–water partition coefficient (Wildman–Crippen LogP) is 3.47. The van der Waals surface area contributed by atoms with Gasteiger partial charge in [-0.3, -0.25) is 0 Å². The number of halogens is 1. The number of hydrogen-bond donors (Lipinski definition) is 1. The van der Waals surface area contributed by atoms with Crippen LogP contribution in [0.4, 0.5) is 5.69 Å². The molecule has 7 heteroatoms. The van der Waals surface area contributed by atoms with Crippen LogP contribution in [0.15, 0.2) is 50.4 Å². The second kappa shape index (κ2) is 6.21. The first kappa shape index (κ1) is 16.1. The van der Waals surface area contributed by atoms with E-state index < -0.39 is 10.0 Å². The minimum absolute atomic E-state index is 0.0207. The Kier molecular flexibility index (Phi) is 4.75. The summed E-state index contributed by atoms with van der Waals surface area (Å²) in [7, 11) is -0.366. The van der Waals surface area contributed by atoms with Crippen LogP contribution in [0.2, 0.25) is 0 Å². The summed E-state index contributed by atoms with van der Waals surface area (Å²) in [6, 6.07) is 10.3. The SMILES string of the molecule is CC(Nc1ccc(S(=O)(=O)N(C)C)cc1)c1ccc(Br)o1. The van der Waals surface area contributed by atoms with Crippen LogP contribution in [0.3, 0.4) is 0 Å². The van der Waals surface area contributed by atoms with E-state index in [2.05, 4.69) is 21.2 Å². The van der Waals surface area contributed by atoms with Crippen LogP contribution in [-0.2, 0) is 10.0 Å². The fourth-order valence-electron chi connectivity index (χ4n) is 1.82. The second-order valence-corrected chi connectivity index (χ2v) is 7.75. The predicted molar refractivity (Wildman–Crippen MR) is 85.8 cm³/mol. The van der Waals surface area contributed by atoms with Crippen molar-refractivity contribution in [2.75, 3.05) is 19.4 Å². The lowest BCUT2D eigenvalue weighted by molar-refractivity contribution is 0.471. The Morgan fingerprint density at radius 2 is 1.76 bits per heavy atom. The summed E-state index contributed by atoms with van der Waals surface area (Å²) in [4.78, 5) is 0.270. The highest BCUT2D eigenvalue weighted by Crippen LogP contribution is 2.24. The van der Waals surface area contributed by atoms with Crippen molar-refractivity contribution >= 4 is 31.6 Å². The highest BCUT2D eigenvalue weighted by Gasteiger charge is 2.17. The summed E-state index contributed by atoms with van der Waals surface area (Å²) in [5.74, 6) is 0.798. The second-order valence-electron chi connectivity index (χ2n) is 4.82. The molecule has 0 bridgehead atoms. The molecule has 5 nitrogen and oxygen atoms in total. The summed E-state index contributed by atoms with van der Waals surface area (Å²) in [5.41, 5.74) is 0.827. The van der Waals surface area contributed by atoms with Crippen molar-refractivity contribution in [1.82, 2.24) is 4.31 Å². The number of rotatable bonds is 5. The van der Waals surface area contributed by atoms with E-state index in [-0.39, 0.29) is 10.9 Å². The van der Waals surface area contributed by atoms with E-state index in [1.807, 2.05) is 19.1 Å². The topological polar surface area (TPSA) is 62.6 Å². The van der Waals surface area contributed by atoms with Gasteiger partial charge in [0.25, 0.3) is 0 Å². The average Bonchev–Trinajstić information content (AvgIpc) is 2.86. The van der Waals surface area contributed by atoms with Gasteiger partial charge in [0.1, 0.15) is 5.76 Å². The maximum absolute atomic E-state index is 12.0. The van der Waals surface area contributed by atoms with Crippen molar-refractivity contribution in [1.29, 1.82) is 0 Å². The highest BCUT2D eigenvalue weighted by molar-refractivity contribution is 9.10. The van der Waals surface area contributed by atoms with Crippen LogP contribution in [0.5, 0.6) is 0 Å². The van der Waals surface area contributed by atoms with Crippen molar-refractivity contribution in [2.45, 2.75) is 17.9 Å². The molecule has 1 unspecified atom stereocenters. The van der Waals surface area contributed by atoms with Crippen LogP contribution in [-0.4, -0.2) is 26.8 Å². The molecule has 0 radical (unpaired) electrons. The molecule has 0 fully saturated rings. The van der Waals surface area contributed by atoms with Gasteiger partial charge in [-0.05, 0) is 59.3 Å². The Bertz CT molecular complexity index is 708. The number of hydrogen-bond acceptors (Lipinski definition) is 4. The zero-order chi connectivity index (χ0) is 15.6. The largest absolute Gasteiger partial charge is 0.452 e. The van der Waals surface area contributed by atoms with Gasteiger partial charge < -0.3 is 9.73 Å². The first-order chi connectivity index (χ1) is 9.80. The standard InChI is InChI=1S/C14H17BrN2O3S/c1-10(13-8-9-14(15)20-13)16-11-4-6-12(7-5-11)21(18,19)17(2)3/h4-10,16H,1-3H3. The van der Waals surface area contributed by atoms with Crippen LogP contribution in [0.1, 0.15) is 18.7 Å². The van der Waals surface area contributed by atoms with Gasteiger partial charge in [0.05, 0.1) is 10.9 Å². The van der Waals surface area contributed by atoms with Crippen LogP contribution >= 0.6 is 15.9 Å². The quantitative estimate of drug-likeness (QED) is 0.872. The minimum atomic E-state index is -3.39. The molecule has 0 saturated heterocycles. The molecular formula is C14H17BrN2O3S. The number of nitrogens with zero attached hydrogens (tertiary/aromatic N) is 1. The van der Waals surface area contributed by atoms with Crippen molar-refractivity contribution in [3.63, 3.8) is 0 Å². The van der Waals surface area contributed by atoms with Gasteiger partial charge in [0.2, 0.25) is 10.0 Å². The molecule has 0 aliphatic rings. The third-order valence-corrected chi connectivity index (χ3v) is 5.29. The molecule has 0 aliphatic heterocycles. The zero-order valence-corrected chi connectivity index (χ0v) is 14.4. The summed E-state index contributed by atoms with van der Waals surface area (Å²) in [5, 5.41) is 3.26. The number of anilines is 1. The molecule has 2 aromatic rings. The Labute approximate surface area is 133 Å². The molecule has 0 saturated carbocycles. The lowest BCUT2D eigenvalue weighted by Gasteiger charge is -2.14. The van der Waals surface area contributed by atoms with Crippen molar-refractivity contribution < 1.29 is 12.8 Å². The maximum atomic E-state index is 12.0. The van der Waals surface area contributed by atoms with Crippen LogP contribution in [0, 0.1) is 0 Å². The average molecular weight is 373 g/mol. The number of benzene rings is 1. The van der Waals surface area contributed by atoms with E-state index >= 15 is 0 Å². The molecule has 2 rings (SSSR count). The van der Waals surface area contributed by atoms with E-state index in [1.165, 1.54) is 18.4 Å². The molecule has 1 atom stereocenters. The normalized spacial score (nSPS) is 13.4. The van der Waals surface area contributed by atoms with Crippen LogP contribution in [0.25, 0.3) is 0 Å². The highest BCUT2D eigenvalue weighted by atomic mass is 79.9. The van der Waals surface area contributed by atoms with E-state index in [0.29, 0.717) is 4.67 Å². The lowest BCUT2D eigenvalue weighted by atomic mass is 10.2. The van der Waals surface area contributed by atoms with Gasteiger partial charge >= 0.3 is 0 Å². The van der Waals surface area contributed by atoms with Crippen LogP contribution < -0.4 is 5.32 Å². The number of sulfonamides is 1. The number of furan rings is 1. The molecule has 1 aromatic carbocycles. The Morgan fingerprint density at radius 1 is 1.14 bits per heavy atom. The Hall–Kier alpha value is -1.31. The lowest BCUT2D eigenvalue weighted by Crippen LogP contribution is -2.22. The molecule has 1 aromatic heterocycles. The summed E-state index contributed by atoms with van der Waals surface area (Å²) >= 11 is 3.26. The fraction of sp³-hybridized carbons (Fsp3) is 0.286. The molecule has 0 aliphatic carbocycles. The summed E-state index contributed by atoms with van der Waals surface area (Å²) in [6.07, 6.45) is 0. The van der Waals surface area contributed by atoms with Gasteiger partial charge in [-0.1, -0.05) is 0 Å². The Morgan fingerprint density at radius 3 is 2.24 bits per heavy atom. The first-order valence-electron chi connectivity index (χ1n) is 6.35. The van der Waals surface area contributed by atoms with Gasteiger partial charge in [-0.2, -0.15) is 0 Å². The van der Waals surface area contributed by atoms with Gasteiger partial charge in [-0.15, -0.1) is 0 Å². The smallest absolute Gasteiger partial charge is 0.242 e. The fourth-order valence-corrected chi connectivity index (χ4v) is 3.04. The molecule has 21 heavy (non-hydrogen) atoms. The Balaban J connectivity index is 2.13. The summed E-state index contributed by atoms with van der Waals surface area (Å²) < 4.78 is 31.3. The molecular weight excluding hydrogens is 356 g/mol. The van der Waals surface area contributed by atoms with E-state index in [4.69, 9.17) is 4.42 Å². The summed E-state index contributed by atoms with van der Waals surface area (Å²) in [6.45, 7) is 1.97. The van der Waals surface area contributed by atoms with Gasteiger partial charge in [-0.25, -0.2) is 12.7 Å². The molecule has 1 heterocycles. The third-order valence-electron chi connectivity index (χ3n) is 3.04. The van der Waals surface area contributed by atoms with E-state index in [1.54, 1.807) is 24.3 Å². The van der Waals surface area contributed by atoms with E-state index in [9.17, 15) is 8.42 Å².